The highest BCUT2D eigenvalue weighted by Crippen LogP contribution is 2.47. The molecule has 0 bridgehead atoms. The minimum absolute atomic E-state index is 0.0124. The molecule has 0 amide bonds. The van der Waals surface area contributed by atoms with Crippen LogP contribution in [-0.2, 0) is 6.18 Å². The lowest BCUT2D eigenvalue weighted by Crippen LogP contribution is -2.08. The first-order valence-electron chi connectivity index (χ1n) is 9.76. The van der Waals surface area contributed by atoms with E-state index in [1.54, 1.807) is 24.3 Å². The van der Waals surface area contributed by atoms with Crippen molar-refractivity contribution in [2.75, 3.05) is 7.11 Å². The molecule has 5 rings (SSSR count). The predicted octanol–water partition coefficient (Wildman–Crippen LogP) is 6.13. The van der Waals surface area contributed by atoms with Crippen LogP contribution >= 0.6 is 0 Å². The summed E-state index contributed by atoms with van der Waals surface area (Å²) in [5.74, 6) is 0.139. The third-order valence-corrected chi connectivity index (χ3v) is 5.39. The lowest BCUT2D eigenvalue weighted by Gasteiger charge is -2.12. The van der Waals surface area contributed by atoms with Crippen LogP contribution in [0.3, 0.4) is 0 Å². The van der Waals surface area contributed by atoms with E-state index in [2.05, 4.69) is 10.1 Å². The van der Waals surface area contributed by atoms with Crippen molar-refractivity contribution in [3.8, 4) is 22.7 Å². The Morgan fingerprint density at radius 1 is 1.00 bits per heavy atom. The number of pyridine rings is 1. The summed E-state index contributed by atoms with van der Waals surface area (Å²) in [6.07, 6.45) is -3.00. The number of alkyl halides is 3. The van der Waals surface area contributed by atoms with Gasteiger partial charge in [-0.1, -0.05) is 0 Å². The van der Waals surface area contributed by atoms with Crippen LogP contribution in [0.15, 0.2) is 54.6 Å². The molecule has 2 aromatic carbocycles. The summed E-state index contributed by atoms with van der Waals surface area (Å²) in [6, 6.07) is 13.1. The van der Waals surface area contributed by atoms with E-state index >= 15 is 0 Å². The van der Waals surface area contributed by atoms with Gasteiger partial charge in [-0.3, -0.25) is 0 Å². The molecule has 0 N–H and O–H groups in total. The van der Waals surface area contributed by atoms with Gasteiger partial charge in [-0.2, -0.15) is 18.3 Å². The molecule has 4 nitrogen and oxygen atoms in total. The first kappa shape index (κ1) is 19.5. The van der Waals surface area contributed by atoms with E-state index in [1.807, 2.05) is 0 Å². The van der Waals surface area contributed by atoms with Crippen LogP contribution < -0.4 is 4.74 Å². The quantitative estimate of drug-likeness (QED) is 0.368. The molecule has 158 valence electrons. The lowest BCUT2D eigenvalue weighted by molar-refractivity contribution is -0.136. The fourth-order valence-electron chi connectivity index (χ4n) is 3.68. The molecule has 0 spiro atoms. The van der Waals surface area contributed by atoms with Crippen LogP contribution in [0, 0.1) is 5.82 Å². The van der Waals surface area contributed by atoms with Crippen molar-refractivity contribution in [1.29, 1.82) is 0 Å². The lowest BCUT2D eigenvalue weighted by atomic mass is 10.0. The maximum atomic E-state index is 14.1. The molecule has 0 radical (unpaired) electrons. The molecule has 1 aliphatic rings. The molecule has 0 aliphatic heterocycles. The van der Waals surface area contributed by atoms with Crippen LogP contribution in [0.4, 0.5) is 17.6 Å². The van der Waals surface area contributed by atoms with E-state index < -0.39 is 17.6 Å². The fourth-order valence-corrected chi connectivity index (χ4v) is 3.68. The first-order chi connectivity index (χ1) is 14.8. The molecular formula is C23H17F4N3O. The number of rotatable bonds is 4. The average Bonchev–Trinajstić information content (AvgIpc) is 3.53. The van der Waals surface area contributed by atoms with Gasteiger partial charge < -0.3 is 4.74 Å². The Bertz CT molecular complexity index is 1260. The molecule has 0 atom stereocenters. The molecule has 2 heterocycles. The Morgan fingerprint density at radius 3 is 2.26 bits per heavy atom. The standard InChI is InChI=1S/C23H17F4N3O/c1-31-17-10-8-16(9-11-17)30-22-20(21(29-30)14-2-3-14)18(23(25,26)27)12-19(28-22)13-4-6-15(24)7-5-13/h4-12,14H,2-3H2,1H3. The van der Waals surface area contributed by atoms with Crippen molar-refractivity contribution < 1.29 is 22.3 Å². The molecule has 2 aromatic heterocycles. The zero-order valence-electron chi connectivity index (χ0n) is 16.4. The van der Waals surface area contributed by atoms with E-state index in [9.17, 15) is 17.6 Å². The number of benzene rings is 2. The van der Waals surface area contributed by atoms with Gasteiger partial charge in [0.15, 0.2) is 5.65 Å². The van der Waals surface area contributed by atoms with Gasteiger partial charge in [0.05, 0.1) is 35.1 Å². The number of nitrogens with zero attached hydrogens (tertiary/aromatic N) is 3. The van der Waals surface area contributed by atoms with Gasteiger partial charge in [0.1, 0.15) is 11.6 Å². The van der Waals surface area contributed by atoms with Crippen molar-refractivity contribution in [1.82, 2.24) is 14.8 Å². The Labute approximate surface area is 175 Å². The molecule has 1 aliphatic carbocycles. The fraction of sp³-hybridized carbons (Fsp3) is 0.217. The molecule has 31 heavy (non-hydrogen) atoms. The highest BCUT2D eigenvalue weighted by molar-refractivity contribution is 5.88. The van der Waals surface area contributed by atoms with Gasteiger partial charge >= 0.3 is 6.18 Å². The summed E-state index contributed by atoms with van der Waals surface area (Å²) in [4.78, 5) is 4.55. The molecule has 0 saturated heterocycles. The van der Waals surface area contributed by atoms with Gasteiger partial charge in [0.25, 0.3) is 0 Å². The average molecular weight is 427 g/mol. The maximum absolute atomic E-state index is 14.1. The number of hydrogen-bond acceptors (Lipinski definition) is 3. The van der Waals surface area contributed by atoms with Crippen molar-refractivity contribution in [3.63, 3.8) is 0 Å². The SMILES string of the molecule is COc1ccc(-n2nc(C3CC3)c3c(C(F)(F)F)cc(-c4ccc(F)cc4)nc32)cc1. The number of hydrogen-bond donors (Lipinski definition) is 0. The second kappa shape index (κ2) is 7.08. The normalized spacial score (nSPS) is 14.2. The van der Waals surface area contributed by atoms with Gasteiger partial charge in [-0.25, -0.2) is 14.1 Å². The monoisotopic (exact) mass is 427 g/mol. The van der Waals surface area contributed by atoms with Crippen LogP contribution in [-0.4, -0.2) is 21.9 Å². The molecule has 1 fully saturated rings. The minimum Gasteiger partial charge on any atom is -0.497 e. The van der Waals surface area contributed by atoms with Gasteiger partial charge in [-0.15, -0.1) is 0 Å². The van der Waals surface area contributed by atoms with Crippen molar-refractivity contribution in [2.24, 2.45) is 0 Å². The number of fused-ring (bicyclic) bond motifs is 1. The second-order valence-electron chi connectivity index (χ2n) is 7.53. The van der Waals surface area contributed by atoms with Gasteiger partial charge in [0.2, 0.25) is 0 Å². The van der Waals surface area contributed by atoms with E-state index in [0.717, 1.165) is 18.9 Å². The van der Waals surface area contributed by atoms with E-state index in [4.69, 9.17) is 4.74 Å². The summed E-state index contributed by atoms with van der Waals surface area (Å²) in [7, 11) is 1.54. The summed E-state index contributed by atoms with van der Waals surface area (Å²) in [5, 5.41) is 4.58. The largest absolute Gasteiger partial charge is 0.497 e. The second-order valence-corrected chi connectivity index (χ2v) is 7.53. The van der Waals surface area contributed by atoms with Gasteiger partial charge in [-0.05, 0) is 67.4 Å². The Morgan fingerprint density at radius 2 is 1.68 bits per heavy atom. The van der Waals surface area contributed by atoms with Crippen molar-refractivity contribution >= 4 is 11.0 Å². The Kier molecular flexibility index (Phi) is 4.46. The molecule has 0 unspecified atom stereocenters. The van der Waals surface area contributed by atoms with Crippen LogP contribution in [0.2, 0.25) is 0 Å². The van der Waals surface area contributed by atoms with Crippen LogP contribution in [0.1, 0.15) is 30.0 Å². The predicted molar refractivity (Wildman–Crippen MR) is 108 cm³/mol. The first-order valence-corrected chi connectivity index (χ1v) is 9.76. The smallest absolute Gasteiger partial charge is 0.417 e. The van der Waals surface area contributed by atoms with Crippen molar-refractivity contribution in [3.05, 3.63) is 71.7 Å². The van der Waals surface area contributed by atoms with Gasteiger partial charge in [0, 0.05) is 11.5 Å². The summed E-state index contributed by atoms with van der Waals surface area (Å²) < 4.78 is 62.3. The van der Waals surface area contributed by atoms with E-state index in [-0.39, 0.29) is 22.6 Å². The number of aromatic nitrogens is 3. The summed E-state index contributed by atoms with van der Waals surface area (Å²) in [6.45, 7) is 0. The summed E-state index contributed by atoms with van der Waals surface area (Å²) >= 11 is 0. The topological polar surface area (TPSA) is 39.9 Å². The molecule has 8 heteroatoms. The summed E-state index contributed by atoms with van der Waals surface area (Å²) in [5.41, 5.74) is 0.840. The van der Waals surface area contributed by atoms with E-state index in [1.165, 1.54) is 36.1 Å². The third-order valence-electron chi connectivity index (χ3n) is 5.39. The number of ether oxygens (including phenoxy) is 1. The molecule has 1 saturated carbocycles. The number of methoxy groups -OCH3 is 1. The molecular weight excluding hydrogens is 410 g/mol. The zero-order valence-corrected chi connectivity index (χ0v) is 16.4. The third kappa shape index (κ3) is 3.52. The van der Waals surface area contributed by atoms with Crippen LogP contribution in [0.25, 0.3) is 28.0 Å². The minimum atomic E-state index is -4.59. The Balaban J connectivity index is 1.81. The zero-order chi connectivity index (χ0) is 21.8. The van der Waals surface area contributed by atoms with Crippen LogP contribution in [0.5, 0.6) is 5.75 Å². The molecule has 4 aromatic rings. The van der Waals surface area contributed by atoms with E-state index in [0.29, 0.717) is 22.7 Å². The van der Waals surface area contributed by atoms with Crippen molar-refractivity contribution in [2.45, 2.75) is 24.9 Å². The highest BCUT2D eigenvalue weighted by Gasteiger charge is 2.39. The Hall–Kier alpha value is -3.42. The maximum Gasteiger partial charge on any atom is 0.417 e. The highest BCUT2D eigenvalue weighted by atomic mass is 19.4. The number of halogens is 4.